The molecule has 3 aromatic rings. The van der Waals surface area contributed by atoms with Crippen LogP contribution in [0.4, 0.5) is 4.79 Å². The van der Waals surface area contributed by atoms with Crippen LogP contribution in [0.5, 0.6) is 5.95 Å². The van der Waals surface area contributed by atoms with Crippen LogP contribution in [0.2, 0.25) is 0 Å². The number of fused-ring (bicyclic) bond motifs is 1. The van der Waals surface area contributed by atoms with E-state index in [1.165, 1.54) is 7.11 Å². The number of carbonyl (C=O) groups is 1. The Morgan fingerprint density at radius 2 is 1.77 bits per heavy atom. The number of hydrogen-bond donors (Lipinski definition) is 1. The van der Waals surface area contributed by atoms with E-state index in [1.807, 2.05) is 63.2 Å². The fourth-order valence-corrected chi connectivity index (χ4v) is 2.73. The highest BCUT2D eigenvalue weighted by Crippen LogP contribution is 2.29. The van der Waals surface area contributed by atoms with Gasteiger partial charge in [-0.2, -0.15) is 0 Å². The van der Waals surface area contributed by atoms with Gasteiger partial charge >= 0.3 is 6.09 Å². The zero-order valence-electron chi connectivity index (χ0n) is 15.4. The van der Waals surface area contributed by atoms with Crippen molar-refractivity contribution in [2.75, 3.05) is 7.11 Å². The maximum Gasteiger partial charge on any atom is 0.408 e. The first kappa shape index (κ1) is 17.9. The van der Waals surface area contributed by atoms with Crippen LogP contribution in [0.15, 0.2) is 59.0 Å². The van der Waals surface area contributed by atoms with Gasteiger partial charge in [0.15, 0.2) is 0 Å². The van der Waals surface area contributed by atoms with Crippen molar-refractivity contribution in [2.45, 2.75) is 32.4 Å². The Labute approximate surface area is 152 Å². The SMILES string of the molecule is COc1ccc(C(NC(=O)OC(C)(C)C)c2ccc3ccccc3c2)o1. The van der Waals surface area contributed by atoms with Gasteiger partial charge < -0.3 is 19.2 Å². The number of nitrogens with one attached hydrogen (secondary N) is 1. The zero-order chi connectivity index (χ0) is 18.7. The Balaban J connectivity index is 1.96. The van der Waals surface area contributed by atoms with Gasteiger partial charge in [-0.25, -0.2) is 4.79 Å². The van der Waals surface area contributed by atoms with Crippen molar-refractivity contribution in [3.05, 3.63) is 65.9 Å². The lowest BCUT2D eigenvalue weighted by Gasteiger charge is -2.23. The molecular formula is C21H23NO4. The summed E-state index contributed by atoms with van der Waals surface area (Å²) in [6, 6.07) is 17.1. The Morgan fingerprint density at radius 1 is 1.04 bits per heavy atom. The molecule has 5 nitrogen and oxygen atoms in total. The van der Waals surface area contributed by atoms with E-state index in [2.05, 4.69) is 5.32 Å². The van der Waals surface area contributed by atoms with Crippen LogP contribution in [0, 0.1) is 0 Å². The molecule has 0 spiro atoms. The molecule has 0 saturated heterocycles. The van der Waals surface area contributed by atoms with E-state index >= 15 is 0 Å². The number of hydrogen-bond acceptors (Lipinski definition) is 4. The van der Waals surface area contributed by atoms with Gasteiger partial charge in [-0.1, -0.05) is 36.4 Å². The molecule has 0 saturated carbocycles. The highest BCUT2D eigenvalue weighted by Gasteiger charge is 2.24. The molecular weight excluding hydrogens is 330 g/mol. The quantitative estimate of drug-likeness (QED) is 0.712. The summed E-state index contributed by atoms with van der Waals surface area (Å²) in [6.07, 6.45) is -0.508. The van der Waals surface area contributed by atoms with Crippen molar-refractivity contribution in [1.82, 2.24) is 5.32 Å². The minimum atomic E-state index is -0.584. The molecule has 0 aliphatic rings. The van der Waals surface area contributed by atoms with Gasteiger partial charge in [0.25, 0.3) is 5.95 Å². The molecule has 1 aromatic heterocycles. The summed E-state index contributed by atoms with van der Waals surface area (Å²) in [5.41, 5.74) is 0.311. The van der Waals surface area contributed by atoms with Crippen molar-refractivity contribution in [3.63, 3.8) is 0 Å². The fraction of sp³-hybridized carbons (Fsp3) is 0.286. The molecule has 2 aromatic carbocycles. The fourth-order valence-electron chi connectivity index (χ4n) is 2.73. The van der Waals surface area contributed by atoms with E-state index in [0.29, 0.717) is 11.7 Å². The van der Waals surface area contributed by atoms with Crippen LogP contribution in [0.25, 0.3) is 10.8 Å². The number of methoxy groups -OCH3 is 1. The molecule has 3 rings (SSSR count). The van der Waals surface area contributed by atoms with Gasteiger partial charge in [-0.05, 0) is 49.2 Å². The maximum atomic E-state index is 12.3. The van der Waals surface area contributed by atoms with Crippen LogP contribution >= 0.6 is 0 Å². The molecule has 0 bridgehead atoms. The van der Waals surface area contributed by atoms with E-state index in [-0.39, 0.29) is 0 Å². The number of ether oxygens (including phenoxy) is 2. The first-order chi connectivity index (χ1) is 12.4. The highest BCUT2D eigenvalue weighted by atomic mass is 16.6. The lowest BCUT2D eigenvalue weighted by atomic mass is 10.0. The summed E-state index contributed by atoms with van der Waals surface area (Å²) in [7, 11) is 1.54. The Morgan fingerprint density at radius 3 is 2.42 bits per heavy atom. The summed E-state index contributed by atoms with van der Waals surface area (Å²) >= 11 is 0. The average Bonchev–Trinajstić information content (AvgIpc) is 3.06. The van der Waals surface area contributed by atoms with E-state index in [9.17, 15) is 4.79 Å². The molecule has 0 radical (unpaired) electrons. The van der Waals surface area contributed by atoms with Crippen LogP contribution in [-0.4, -0.2) is 18.8 Å². The normalized spacial score (nSPS) is 12.6. The van der Waals surface area contributed by atoms with E-state index in [1.54, 1.807) is 12.1 Å². The van der Waals surface area contributed by atoms with Crippen molar-refractivity contribution in [2.24, 2.45) is 0 Å². The minimum Gasteiger partial charge on any atom is -0.468 e. The topological polar surface area (TPSA) is 60.7 Å². The molecule has 1 heterocycles. The molecule has 0 fully saturated rings. The third-order valence-corrected chi connectivity index (χ3v) is 3.86. The lowest BCUT2D eigenvalue weighted by molar-refractivity contribution is 0.0506. The lowest BCUT2D eigenvalue weighted by Crippen LogP contribution is -2.35. The summed E-state index contributed by atoms with van der Waals surface area (Å²) in [4.78, 5) is 12.3. The number of alkyl carbamates (subject to hydrolysis) is 1. The Kier molecular flexibility index (Phi) is 4.89. The predicted octanol–water partition coefficient (Wildman–Crippen LogP) is 5.06. The molecule has 0 aliphatic carbocycles. The largest absolute Gasteiger partial charge is 0.468 e. The molecule has 5 heteroatoms. The van der Waals surface area contributed by atoms with Gasteiger partial charge in [-0.3, -0.25) is 0 Å². The van der Waals surface area contributed by atoms with Crippen LogP contribution in [0.3, 0.4) is 0 Å². The summed E-state index contributed by atoms with van der Waals surface area (Å²) < 4.78 is 16.2. The first-order valence-corrected chi connectivity index (χ1v) is 8.48. The monoisotopic (exact) mass is 353 g/mol. The Hall–Kier alpha value is -2.95. The van der Waals surface area contributed by atoms with Crippen molar-refractivity contribution >= 4 is 16.9 Å². The second-order valence-corrected chi connectivity index (χ2v) is 7.05. The van der Waals surface area contributed by atoms with E-state index in [0.717, 1.165) is 16.3 Å². The molecule has 1 N–H and O–H groups in total. The van der Waals surface area contributed by atoms with Gasteiger partial charge in [0.05, 0.1) is 7.11 Å². The van der Waals surface area contributed by atoms with Gasteiger partial charge in [0.1, 0.15) is 17.4 Å². The number of furan rings is 1. The van der Waals surface area contributed by atoms with Crippen LogP contribution in [-0.2, 0) is 4.74 Å². The van der Waals surface area contributed by atoms with E-state index in [4.69, 9.17) is 13.9 Å². The standard InChI is InChI=1S/C21H23NO4/c1-21(2,3)26-20(23)22-19(17-11-12-18(24-4)25-17)16-10-9-14-7-5-6-8-15(14)13-16/h5-13,19H,1-4H3,(H,22,23). The van der Waals surface area contributed by atoms with Crippen LogP contribution in [0.1, 0.15) is 38.1 Å². The predicted molar refractivity (Wildman–Crippen MR) is 100 cm³/mol. The highest BCUT2D eigenvalue weighted by molar-refractivity contribution is 5.83. The smallest absolute Gasteiger partial charge is 0.408 e. The number of benzene rings is 2. The third-order valence-electron chi connectivity index (χ3n) is 3.86. The maximum absolute atomic E-state index is 12.3. The average molecular weight is 353 g/mol. The van der Waals surface area contributed by atoms with Crippen molar-refractivity contribution in [3.8, 4) is 5.95 Å². The van der Waals surface area contributed by atoms with E-state index < -0.39 is 17.7 Å². The Bertz CT molecular complexity index is 908. The van der Waals surface area contributed by atoms with Crippen molar-refractivity contribution in [1.29, 1.82) is 0 Å². The second kappa shape index (κ2) is 7.12. The molecule has 0 aliphatic heterocycles. The van der Waals surface area contributed by atoms with Gasteiger partial charge in [0, 0.05) is 6.07 Å². The zero-order valence-corrected chi connectivity index (χ0v) is 15.4. The number of carbonyl (C=O) groups excluding carboxylic acids is 1. The summed E-state index contributed by atoms with van der Waals surface area (Å²) in [5, 5.41) is 5.11. The molecule has 136 valence electrons. The van der Waals surface area contributed by atoms with Gasteiger partial charge in [0.2, 0.25) is 0 Å². The number of rotatable bonds is 4. The summed E-state index contributed by atoms with van der Waals surface area (Å²) in [5.74, 6) is 0.958. The molecule has 1 atom stereocenters. The summed E-state index contributed by atoms with van der Waals surface area (Å²) in [6.45, 7) is 5.48. The molecule has 26 heavy (non-hydrogen) atoms. The molecule has 1 amide bonds. The molecule has 1 unspecified atom stereocenters. The first-order valence-electron chi connectivity index (χ1n) is 8.48. The van der Waals surface area contributed by atoms with Gasteiger partial charge in [-0.15, -0.1) is 0 Å². The second-order valence-electron chi connectivity index (χ2n) is 7.05. The minimum absolute atomic E-state index is 0.386. The number of amides is 1. The third kappa shape index (κ3) is 4.17. The van der Waals surface area contributed by atoms with Crippen molar-refractivity contribution < 1.29 is 18.7 Å². The van der Waals surface area contributed by atoms with Crippen LogP contribution < -0.4 is 10.1 Å².